The maximum Gasteiger partial charge on any atom is 0.220 e. The molecule has 270 valence electrons. The van der Waals surface area contributed by atoms with Crippen LogP contribution in [0.3, 0.4) is 0 Å². The molecule has 46 heavy (non-hydrogen) atoms. The summed E-state index contributed by atoms with van der Waals surface area (Å²) in [6.45, 7) is 0.882. The molecule has 0 aromatic heterocycles. The molecule has 1 saturated heterocycles. The zero-order valence-corrected chi connectivity index (χ0v) is 26.4. The lowest BCUT2D eigenvalue weighted by atomic mass is 9.99. The molecule has 0 radical (unpaired) electrons. The SMILES string of the molecule is CC(=O)[C@@H](CCCCNC(=O)CCCCOC(O)C(O)C(O)C(O)CCO)NC(=O)CCCCOC1OC(CO)C(O)C(O)C1O. The number of hydrogen-bond acceptors (Lipinski definition) is 15. The van der Waals surface area contributed by atoms with Gasteiger partial charge in [-0.15, -0.1) is 0 Å². The molecule has 2 amide bonds. The summed E-state index contributed by atoms with van der Waals surface area (Å²) in [5.41, 5.74) is 0. The van der Waals surface area contributed by atoms with Crippen molar-refractivity contribution in [1.29, 1.82) is 0 Å². The number of aliphatic hydroxyl groups excluding tert-OH is 9. The van der Waals surface area contributed by atoms with Gasteiger partial charge in [0.15, 0.2) is 18.4 Å². The molecule has 0 spiro atoms. The molecule has 11 N–H and O–H groups in total. The number of aliphatic hydroxyl groups is 9. The lowest BCUT2D eigenvalue weighted by molar-refractivity contribution is -0.301. The highest BCUT2D eigenvalue weighted by molar-refractivity contribution is 5.87. The minimum Gasteiger partial charge on any atom is -0.396 e. The number of unbranched alkanes of at least 4 members (excludes halogenated alkanes) is 3. The summed E-state index contributed by atoms with van der Waals surface area (Å²) in [6.07, 6.45) is -10.1. The van der Waals surface area contributed by atoms with E-state index in [1.165, 1.54) is 6.92 Å². The third kappa shape index (κ3) is 15.8. The van der Waals surface area contributed by atoms with Gasteiger partial charge in [-0.1, -0.05) is 0 Å². The quantitative estimate of drug-likeness (QED) is 0.0329. The van der Waals surface area contributed by atoms with Crippen molar-refractivity contribution in [3.05, 3.63) is 0 Å². The van der Waals surface area contributed by atoms with Crippen molar-refractivity contribution >= 4 is 17.6 Å². The van der Waals surface area contributed by atoms with Crippen molar-refractivity contribution in [2.24, 2.45) is 0 Å². The zero-order valence-electron chi connectivity index (χ0n) is 26.4. The smallest absolute Gasteiger partial charge is 0.220 e. The Morgan fingerprint density at radius 1 is 0.783 bits per heavy atom. The van der Waals surface area contributed by atoms with Gasteiger partial charge in [0, 0.05) is 39.2 Å². The average molecular weight is 671 g/mol. The van der Waals surface area contributed by atoms with Crippen LogP contribution in [0.15, 0.2) is 0 Å². The van der Waals surface area contributed by atoms with Gasteiger partial charge >= 0.3 is 0 Å². The summed E-state index contributed by atoms with van der Waals surface area (Å²) < 4.78 is 15.7. The average Bonchev–Trinajstić information content (AvgIpc) is 3.02. The Kier molecular flexibility index (Phi) is 21.5. The number of carbonyl (C=O) groups is 3. The summed E-state index contributed by atoms with van der Waals surface area (Å²) in [6, 6.07) is -0.665. The van der Waals surface area contributed by atoms with Gasteiger partial charge in [0.05, 0.1) is 18.8 Å². The number of hydrogen-bond donors (Lipinski definition) is 11. The first-order valence-electron chi connectivity index (χ1n) is 15.8. The minimum absolute atomic E-state index is 0.00238. The van der Waals surface area contributed by atoms with Crippen LogP contribution in [0.2, 0.25) is 0 Å². The van der Waals surface area contributed by atoms with Crippen molar-refractivity contribution in [2.75, 3.05) is 33.0 Å². The van der Waals surface area contributed by atoms with Crippen LogP contribution in [0.1, 0.15) is 71.1 Å². The molecule has 1 aliphatic rings. The molecular formula is C29H54N2O15. The highest BCUT2D eigenvalue weighted by Gasteiger charge is 2.43. The van der Waals surface area contributed by atoms with Gasteiger partial charge in [-0.25, -0.2) is 0 Å². The zero-order chi connectivity index (χ0) is 34.6. The van der Waals surface area contributed by atoms with Gasteiger partial charge in [-0.3, -0.25) is 14.4 Å². The molecule has 0 aromatic carbocycles. The van der Waals surface area contributed by atoms with Crippen LogP contribution in [-0.2, 0) is 28.6 Å². The Morgan fingerprint density at radius 3 is 2.07 bits per heavy atom. The molecule has 1 aliphatic heterocycles. The van der Waals surface area contributed by atoms with E-state index in [2.05, 4.69) is 10.6 Å². The van der Waals surface area contributed by atoms with Gasteiger partial charge in [0.1, 0.15) is 36.6 Å². The van der Waals surface area contributed by atoms with Crippen LogP contribution in [0.25, 0.3) is 0 Å². The van der Waals surface area contributed by atoms with Gasteiger partial charge < -0.3 is 70.8 Å². The van der Waals surface area contributed by atoms with E-state index >= 15 is 0 Å². The number of carbonyl (C=O) groups excluding carboxylic acids is 3. The number of ether oxygens (including phenoxy) is 3. The highest BCUT2D eigenvalue weighted by Crippen LogP contribution is 2.22. The second kappa shape index (κ2) is 23.5. The molecule has 10 atom stereocenters. The van der Waals surface area contributed by atoms with E-state index in [4.69, 9.17) is 19.3 Å². The second-order valence-electron chi connectivity index (χ2n) is 11.4. The Labute approximate surface area is 268 Å². The fourth-order valence-electron chi connectivity index (χ4n) is 4.62. The van der Waals surface area contributed by atoms with E-state index in [1.807, 2.05) is 0 Å². The van der Waals surface area contributed by atoms with E-state index in [-0.39, 0.29) is 50.1 Å². The molecule has 1 fully saturated rings. The summed E-state index contributed by atoms with van der Waals surface area (Å²) in [5, 5.41) is 91.9. The van der Waals surface area contributed by atoms with Crippen molar-refractivity contribution in [3.8, 4) is 0 Å². The fraction of sp³-hybridized carbons (Fsp3) is 0.897. The normalized spacial score (nSPS) is 24.9. The summed E-state index contributed by atoms with van der Waals surface area (Å²) in [4.78, 5) is 36.4. The van der Waals surface area contributed by atoms with Gasteiger partial charge in [0.2, 0.25) is 11.8 Å². The highest BCUT2D eigenvalue weighted by atomic mass is 16.7. The molecule has 9 unspecified atom stereocenters. The van der Waals surface area contributed by atoms with Crippen LogP contribution >= 0.6 is 0 Å². The maximum atomic E-state index is 12.3. The molecule has 0 bridgehead atoms. The largest absolute Gasteiger partial charge is 0.396 e. The van der Waals surface area contributed by atoms with Crippen LogP contribution in [0.4, 0.5) is 0 Å². The second-order valence-corrected chi connectivity index (χ2v) is 11.4. The standard InChI is InChI=1S/C29H54N2O15/c1-17(34)18(31-22(37)10-4-7-15-45-29-27(42)25(40)24(39)20(16-33)46-29)8-2-5-12-30-21(36)9-3-6-14-44-28(43)26(41)23(38)19(35)11-13-32/h18-20,23-29,32-33,35,38-43H,2-16H2,1H3,(H,30,36)(H,31,37)/t18-,19?,20?,23?,24?,25?,26?,27?,28?,29?/m1/s1. The molecular weight excluding hydrogens is 616 g/mol. The summed E-state index contributed by atoms with van der Waals surface area (Å²) in [5.74, 6) is -0.711. The topological polar surface area (TPSA) is 285 Å². The predicted molar refractivity (Wildman–Crippen MR) is 159 cm³/mol. The monoisotopic (exact) mass is 670 g/mol. The third-order valence-corrected chi connectivity index (χ3v) is 7.54. The molecule has 17 heteroatoms. The third-order valence-electron chi connectivity index (χ3n) is 7.54. The molecule has 17 nitrogen and oxygen atoms in total. The van der Waals surface area contributed by atoms with Gasteiger partial charge in [0.25, 0.3) is 0 Å². The molecule has 0 aromatic rings. The fourth-order valence-corrected chi connectivity index (χ4v) is 4.62. The Morgan fingerprint density at radius 2 is 1.43 bits per heavy atom. The number of rotatable bonds is 25. The predicted octanol–water partition coefficient (Wildman–Crippen LogP) is -3.70. The van der Waals surface area contributed by atoms with Crippen LogP contribution in [0.5, 0.6) is 0 Å². The molecule has 0 saturated carbocycles. The van der Waals surface area contributed by atoms with Gasteiger partial charge in [-0.2, -0.15) is 0 Å². The van der Waals surface area contributed by atoms with E-state index in [9.17, 15) is 55.2 Å². The summed E-state index contributed by atoms with van der Waals surface area (Å²) in [7, 11) is 0. The number of ketones is 1. The van der Waals surface area contributed by atoms with Gasteiger partial charge in [-0.05, 0) is 58.3 Å². The van der Waals surface area contributed by atoms with Crippen LogP contribution in [0, 0.1) is 0 Å². The van der Waals surface area contributed by atoms with E-state index in [0.717, 1.165) is 0 Å². The van der Waals surface area contributed by atoms with Crippen molar-refractivity contribution in [3.63, 3.8) is 0 Å². The number of nitrogens with one attached hydrogen (secondary N) is 2. The van der Waals surface area contributed by atoms with Crippen LogP contribution in [-0.4, -0.2) is 158 Å². The Bertz CT molecular complexity index is 866. The first-order valence-corrected chi connectivity index (χ1v) is 15.8. The van der Waals surface area contributed by atoms with E-state index in [0.29, 0.717) is 51.5 Å². The summed E-state index contributed by atoms with van der Waals surface area (Å²) >= 11 is 0. The Balaban J connectivity index is 2.16. The van der Waals surface area contributed by atoms with E-state index in [1.54, 1.807) is 0 Å². The Hall–Kier alpha value is -1.87. The maximum absolute atomic E-state index is 12.3. The van der Waals surface area contributed by atoms with Crippen molar-refractivity contribution < 1.29 is 74.6 Å². The van der Waals surface area contributed by atoms with Crippen molar-refractivity contribution in [1.82, 2.24) is 10.6 Å². The lowest BCUT2D eigenvalue weighted by Gasteiger charge is -2.39. The van der Waals surface area contributed by atoms with Crippen LogP contribution < -0.4 is 10.6 Å². The minimum atomic E-state index is -1.76. The first kappa shape index (κ1) is 42.2. The molecule has 0 aliphatic carbocycles. The molecule has 1 heterocycles. The van der Waals surface area contributed by atoms with E-state index < -0.39 is 74.6 Å². The first-order chi connectivity index (χ1) is 21.8. The van der Waals surface area contributed by atoms with Crippen molar-refractivity contribution in [2.45, 2.75) is 132 Å². The lowest BCUT2D eigenvalue weighted by Crippen LogP contribution is -2.59. The molecule has 1 rings (SSSR count). The number of Topliss-reactive ketones (excluding diaryl/α,β-unsaturated/α-hetero) is 1. The number of amides is 2.